The van der Waals surface area contributed by atoms with E-state index in [9.17, 15) is 4.39 Å². The fourth-order valence-corrected chi connectivity index (χ4v) is 3.70. The van der Waals surface area contributed by atoms with E-state index in [-0.39, 0.29) is 18.2 Å². The van der Waals surface area contributed by atoms with Gasteiger partial charge in [0.2, 0.25) is 0 Å². The predicted molar refractivity (Wildman–Crippen MR) is 111 cm³/mol. The molecule has 150 valence electrons. The first-order valence-electron chi connectivity index (χ1n) is 9.36. The first-order chi connectivity index (χ1) is 13.2. The highest BCUT2D eigenvalue weighted by molar-refractivity contribution is 5.85. The van der Waals surface area contributed by atoms with Gasteiger partial charge in [-0.25, -0.2) is 9.37 Å². The number of anilines is 1. The highest BCUT2D eigenvalue weighted by Gasteiger charge is 2.20. The topological polar surface area (TPSA) is 41.7 Å². The smallest absolute Gasteiger partial charge is 0.171 e. The van der Waals surface area contributed by atoms with E-state index in [4.69, 9.17) is 9.15 Å². The van der Waals surface area contributed by atoms with Crippen LogP contribution in [0.5, 0.6) is 5.75 Å². The third-order valence-corrected chi connectivity index (χ3v) is 5.18. The molecule has 1 saturated heterocycles. The van der Waals surface area contributed by atoms with Crippen LogP contribution in [0.25, 0.3) is 11.0 Å². The van der Waals surface area contributed by atoms with Crippen LogP contribution in [0.3, 0.4) is 0 Å². The van der Waals surface area contributed by atoms with E-state index >= 15 is 0 Å². The molecule has 0 amide bonds. The first-order valence-corrected chi connectivity index (χ1v) is 9.36. The van der Waals surface area contributed by atoms with Crippen molar-refractivity contribution in [3.05, 3.63) is 54.2 Å². The van der Waals surface area contributed by atoms with Gasteiger partial charge >= 0.3 is 0 Å². The summed E-state index contributed by atoms with van der Waals surface area (Å²) in [4.78, 5) is 9.22. The molecule has 1 aromatic carbocycles. The lowest BCUT2D eigenvalue weighted by atomic mass is 10.1. The Labute approximate surface area is 170 Å². The van der Waals surface area contributed by atoms with Crippen LogP contribution in [-0.2, 0) is 6.42 Å². The summed E-state index contributed by atoms with van der Waals surface area (Å²) in [6.45, 7) is 4.90. The van der Waals surface area contributed by atoms with Gasteiger partial charge in [-0.3, -0.25) is 4.90 Å². The average molecular weight is 406 g/mol. The predicted octanol–water partition coefficient (Wildman–Crippen LogP) is 4.15. The summed E-state index contributed by atoms with van der Waals surface area (Å²) in [7, 11) is 1.68. The van der Waals surface area contributed by atoms with E-state index in [1.807, 2.05) is 18.3 Å². The van der Waals surface area contributed by atoms with Gasteiger partial charge in [-0.2, -0.15) is 0 Å². The highest BCUT2D eigenvalue weighted by Crippen LogP contribution is 2.26. The molecule has 0 atom stereocenters. The van der Waals surface area contributed by atoms with Gasteiger partial charge in [0.25, 0.3) is 0 Å². The van der Waals surface area contributed by atoms with Gasteiger partial charge in [0.1, 0.15) is 11.4 Å². The zero-order chi connectivity index (χ0) is 18.6. The molecule has 4 rings (SSSR count). The van der Waals surface area contributed by atoms with Crippen molar-refractivity contribution >= 4 is 29.2 Å². The summed E-state index contributed by atoms with van der Waals surface area (Å²) >= 11 is 0. The Hall–Kier alpha value is -2.31. The molecule has 0 aliphatic carbocycles. The van der Waals surface area contributed by atoms with Crippen molar-refractivity contribution in [3.63, 3.8) is 0 Å². The number of nitrogens with zero attached hydrogens (tertiary/aromatic N) is 3. The van der Waals surface area contributed by atoms with E-state index in [0.29, 0.717) is 0 Å². The normalized spacial score (nSPS) is 14.9. The number of hydrogen-bond acceptors (Lipinski definition) is 5. The second kappa shape index (κ2) is 9.26. The minimum atomic E-state index is -0.216. The van der Waals surface area contributed by atoms with Crippen LogP contribution in [0, 0.1) is 5.82 Å². The molecule has 0 unspecified atom stereocenters. The molecule has 1 fully saturated rings. The number of furan rings is 1. The number of methoxy groups -OCH3 is 1. The van der Waals surface area contributed by atoms with Crippen molar-refractivity contribution < 1.29 is 13.5 Å². The van der Waals surface area contributed by atoms with Crippen LogP contribution >= 0.6 is 12.4 Å². The summed E-state index contributed by atoms with van der Waals surface area (Å²) in [5, 5.41) is 0.891. The SMILES string of the molecule is COc1cccnc1N1CCN(CCCc2coc3ccc(F)cc23)CC1.Cl. The van der Waals surface area contributed by atoms with Crippen LogP contribution in [0.2, 0.25) is 0 Å². The second-order valence-electron chi connectivity index (χ2n) is 6.86. The Kier molecular flexibility index (Phi) is 6.75. The van der Waals surface area contributed by atoms with E-state index < -0.39 is 0 Å². The van der Waals surface area contributed by atoms with Crippen molar-refractivity contribution in [2.45, 2.75) is 12.8 Å². The fraction of sp³-hybridized carbons (Fsp3) is 0.381. The number of pyridine rings is 1. The van der Waals surface area contributed by atoms with Crippen LogP contribution in [0.1, 0.15) is 12.0 Å². The molecule has 0 N–H and O–H groups in total. The van der Waals surface area contributed by atoms with Crippen molar-refractivity contribution in [2.75, 3.05) is 44.7 Å². The lowest BCUT2D eigenvalue weighted by Gasteiger charge is -2.35. The van der Waals surface area contributed by atoms with Gasteiger partial charge in [-0.05, 0) is 55.3 Å². The number of fused-ring (bicyclic) bond motifs is 1. The Morgan fingerprint density at radius 3 is 2.79 bits per heavy atom. The van der Waals surface area contributed by atoms with Crippen molar-refractivity contribution in [3.8, 4) is 5.75 Å². The summed E-state index contributed by atoms with van der Waals surface area (Å²) in [6.07, 6.45) is 5.49. The molecule has 3 aromatic rings. The van der Waals surface area contributed by atoms with Crippen LogP contribution in [-0.4, -0.2) is 49.7 Å². The van der Waals surface area contributed by atoms with Crippen LogP contribution in [0.15, 0.2) is 47.2 Å². The molecular weight excluding hydrogens is 381 g/mol. The number of hydrogen-bond donors (Lipinski definition) is 0. The van der Waals surface area contributed by atoms with Crippen molar-refractivity contribution in [1.82, 2.24) is 9.88 Å². The maximum Gasteiger partial charge on any atom is 0.171 e. The molecule has 0 bridgehead atoms. The Morgan fingerprint density at radius 2 is 2.00 bits per heavy atom. The summed E-state index contributed by atoms with van der Waals surface area (Å²) in [5.74, 6) is 1.53. The lowest BCUT2D eigenvalue weighted by molar-refractivity contribution is 0.253. The van der Waals surface area contributed by atoms with E-state index in [1.165, 1.54) is 6.07 Å². The molecule has 0 spiro atoms. The maximum absolute atomic E-state index is 13.5. The highest BCUT2D eigenvalue weighted by atomic mass is 35.5. The zero-order valence-electron chi connectivity index (χ0n) is 15.9. The van der Waals surface area contributed by atoms with Gasteiger partial charge in [0, 0.05) is 37.8 Å². The molecule has 2 aromatic heterocycles. The first kappa shape index (κ1) is 20.4. The second-order valence-corrected chi connectivity index (χ2v) is 6.86. The Balaban J connectivity index is 0.00000225. The molecule has 3 heterocycles. The number of halogens is 2. The molecule has 1 aliphatic rings. The molecule has 7 heteroatoms. The maximum atomic E-state index is 13.5. The summed E-state index contributed by atoms with van der Waals surface area (Å²) in [6, 6.07) is 8.54. The minimum Gasteiger partial charge on any atom is -0.493 e. The summed E-state index contributed by atoms with van der Waals surface area (Å²) in [5.41, 5.74) is 1.84. The molecule has 1 aliphatic heterocycles. The monoisotopic (exact) mass is 405 g/mol. The number of aryl methyl sites for hydroxylation is 1. The third kappa shape index (κ3) is 4.39. The Bertz CT molecular complexity index is 910. The van der Waals surface area contributed by atoms with Gasteiger partial charge in [-0.1, -0.05) is 0 Å². The van der Waals surface area contributed by atoms with E-state index in [0.717, 1.165) is 73.7 Å². The fourth-order valence-electron chi connectivity index (χ4n) is 3.70. The molecular formula is C21H25ClFN3O2. The van der Waals surface area contributed by atoms with Gasteiger partial charge in [-0.15, -0.1) is 12.4 Å². The number of rotatable bonds is 6. The van der Waals surface area contributed by atoms with Crippen LogP contribution < -0.4 is 9.64 Å². The summed E-state index contributed by atoms with van der Waals surface area (Å²) < 4.78 is 24.4. The largest absolute Gasteiger partial charge is 0.493 e. The molecule has 0 radical (unpaired) electrons. The number of piperazine rings is 1. The zero-order valence-corrected chi connectivity index (χ0v) is 16.8. The molecule has 28 heavy (non-hydrogen) atoms. The van der Waals surface area contributed by atoms with Crippen LogP contribution in [0.4, 0.5) is 10.2 Å². The van der Waals surface area contributed by atoms with Gasteiger partial charge < -0.3 is 14.1 Å². The quantitative estimate of drug-likeness (QED) is 0.616. The van der Waals surface area contributed by atoms with Crippen molar-refractivity contribution in [1.29, 1.82) is 0 Å². The van der Waals surface area contributed by atoms with Crippen molar-refractivity contribution in [2.24, 2.45) is 0 Å². The number of benzene rings is 1. The third-order valence-electron chi connectivity index (χ3n) is 5.18. The van der Waals surface area contributed by atoms with E-state index in [2.05, 4.69) is 14.8 Å². The average Bonchev–Trinajstić information content (AvgIpc) is 3.10. The number of ether oxygens (including phenoxy) is 1. The Morgan fingerprint density at radius 1 is 1.18 bits per heavy atom. The standard InChI is InChI=1S/C21H24FN3O2.ClH/c1-26-20-5-2-8-23-21(20)25-12-10-24(11-13-25)9-3-4-16-15-27-19-7-6-17(22)14-18(16)19;/h2,5-8,14-15H,3-4,9-13H2,1H3;1H. The van der Waals surface area contributed by atoms with E-state index in [1.54, 1.807) is 25.5 Å². The van der Waals surface area contributed by atoms with Gasteiger partial charge in [0.15, 0.2) is 11.6 Å². The molecule has 5 nitrogen and oxygen atoms in total. The number of aromatic nitrogens is 1. The lowest BCUT2D eigenvalue weighted by Crippen LogP contribution is -2.47. The van der Waals surface area contributed by atoms with Gasteiger partial charge in [0.05, 0.1) is 13.4 Å². The minimum absolute atomic E-state index is 0. The molecule has 0 saturated carbocycles.